The molecule has 9 heteroatoms. The maximum absolute atomic E-state index is 14.0. The molecule has 1 N–H and O–H groups in total. The summed E-state index contributed by atoms with van der Waals surface area (Å²) in [6.45, 7) is 0.433. The van der Waals surface area contributed by atoms with E-state index in [-0.39, 0.29) is 29.7 Å². The van der Waals surface area contributed by atoms with Crippen LogP contribution in [0.4, 0.5) is 10.2 Å². The fourth-order valence-electron chi connectivity index (χ4n) is 2.98. The Balaban J connectivity index is 1.69. The number of amides is 2. The maximum atomic E-state index is 14.0. The van der Waals surface area contributed by atoms with E-state index in [1.807, 2.05) is 30.3 Å². The number of nitrogens with one attached hydrogen (secondary N) is 1. The van der Waals surface area contributed by atoms with Crippen molar-refractivity contribution in [3.63, 3.8) is 0 Å². The predicted molar refractivity (Wildman–Crippen MR) is 90.5 cm³/mol. The minimum atomic E-state index is -0.931. The summed E-state index contributed by atoms with van der Waals surface area (Å²) in [5.74, 6) is -0.425. The SMILES string of the molecule is CN1C(=O)CC(n2cnc3c(NCc4ccccc4)nc(F)nc32)C1=O. The van der Waals surface area contributed by atoms with Gasteiger partial charge in [0, 0.05) is 13.6 Å². The summed E-state index contributed by atoms with van der Waals surface area (Å²) < 4.78 is 15.4. The zero-order chi connectivity index (χ0) is 18.3. The lowest BCUT2D eigenvalue weighted by Gasteiger charge is -2.11. The van der Waals surface area contributed by atoms with E-state index in [0.29, 0.717) is 12.1 Å². The van der Waals surface area contributed by atoms with Gasteiger partial charge in [0.05, 0.1) is 12.7 Å². The Hall–Kier alpha value is -3.36. The zero-order valence-electron chi connectivity index (χ0n) is 13.9. The number of rotatable bonds is 4. The summed E-state index contributed by atoms with van der Waals surface area (Å²) >= 11 is 0. The van der Waals surface area contributed by atoms with Gasteiger partial charge < -0.3 is 9.88 Å². The summed E-state index contributed by atoms with van der Waals surface area (Å²) in [7, 11) is 1.42. The van der Waals surface area contributed by atoms with E-state index in [4.69, 9.17) is 0 Å². The first-order valence-corrected chi connectivity index (χ1v) is 8.03. The molecule has 4 rings (SSSR count). The second kappa shape index (κ2) is 6.17. The molecule has 0 saturated carbocycles. The largest absolute Gasteiger partial charge is 0.364 e. The molecular weight excluding hydrogens is 339 g/mol. The molecule has 1 aliphatic heterocycles. The van der Waals surface area contributed by atoms with E-state index < -0.39 is 12.1 Å². The molecule has 2 aromatic heterocycles. The second-order valence-corrected chi connectivity index (χ2v) is 6.02. The summed E-state index contributed by atoms with van der Waals surface area (Å²) in [5.41, 5.74) is 1.52. The number of likely N-dealkylation sites (tertiary alicyclic amines) is 1. The lowest BCUT2D eigenvalue weighted by molar-refractivity contribution is -0.137. The van der Waals surface area contributed by atoms with Crippen LogP contribution in [0.2, 0.25) is 0 Å². The van der Waals surface area contributed by atoms with Gasteiger partial charge in [0.1, 0.15) is 6.04 Å². The van der Waals surface area contributed by atoms with Crippen LogP contribution >= 0.6 is 0 Å². The van der Waals surface area contributed by atoms with Gasteiger partial charge in [-0.3, -0.25) is 14.5 Å². The average molecular weight is 354 g/mol. The van der Waals surface area contributed by atoms with Crippen LogP contribution in [0.15, 0.2) is 36.7 Å². The smallest absolute Gasteiger partial charge is 0.312 e. The molecule has 0 radical (unpaired) electrons. The van der Waals surface area contributed by atoms with Crippen molar-refractivity contribution in [1.29, 1.82) is 0 Å². The molecule has 2 amide bonds. The zero-order valence-corrected chi connectivity index (χ0v) is 13.9. The number of aromatic nitrogens is 4. The lowest BCUT2D eigenvalue weighted by atomic mass is 10.2. The summed E-state index contributed by atoms with van der Waals surface area (Å²) in [6.07, 6.45) is 0.459. The van der Waals surface area contributed by atoms with E-state index >= 15 is 0 Å². The van der Waals surface area contributed by atoms with Crippen LogP contribution in [0.5, 0.6) is 0 Å². The van der Waals surface area contributed by atoms with E-state index in [2.05, 4.69) is 20.3 Å². The maximum Gasteiger partial charge on any atom is 0.312 e. The van der Waals surface area contributed by atoms with Gasteiger partial charge in [0.2, 0.25) is 5.91 Å². The van der Waals surface area contributed by atoms with Crippen molar-refractivity contribution in [3.8, 4) is 0 Å². The van der Waals surface area contributed by atoms with E-state index in [9.17, 15) is 14.0 Å². The predicted octanol–water partition coefficient (Wildman–Crippen LogP) is 1.51. The summed E-state index contributed by atoms with van der Waals surface area (Å²) in [6, 6.07) is 8.80. The van der Waals surface area contributed by atoms with Crippen LogP contribution in [-0.4, -0.2) is 43.3 Å². The molecule has 0 aliphatic carbocycles. The number of carbonyl (C=O) groups is 2. The number of imidazole rings is 1. The Morgan fingerprint density at radius 3 is 2.69 bits per heavy atom. The van der Waals surface area contributed by atoms with Crippen molar-refractivity contribution in [2.45, 2.75) is 19.0 Å². The summed E-state index contributed by atoms with van der Waals surface area (Å²) in [5, 5.41) is 3.05. The number of fused-ring (bicyclic) bond motifs is 1. The van der Waals surface area contributed by atoms with Crippen LogP contribution in [0, 0.1) is 6.08 Å². The molecule has 0 spiro atoms. The molecule has 0 bridgehead atoms. The first-order valence-electron chi connectivity index (χ1n) is 8.03. The Morgan fingerprint density at radius 2 is 2.00 bits per heavy atom. The number of hydrogen-bond acceptors (Lipinski definition) is 6. The molecule has 1 fully saturated rings. The van der Waals surface area contributed by atoms with Gasteiger partial charge >= 0.3 is 6.08 Å². The van der Waals surface area contributed by atoms with Crippen molar-refractivity contribution in [2.75, 3.05) is 12.4 Å². The van der Waals surface area contributed by atoms with Crippen molar-refractivity contribution in [3.05, 3.63) is 48.3 Å². The van der Waals surface area contributed by atoms with Crippen LogP contribution < -0.4 is 5.32 Å². The van der Waals surface area contributed by atoms with Crippen molar-refractivity contribution < 1.29 is 14.0 Å². The molecule has 1 aromatic carbocycles. The molecule has 1 saturated heterocycles. The second-order valence-electron chi connectivity index (χ2n) is 6.02. The number of anilines is 1. The molecule has 1 aliphatic rings. The minimum absolute atomic E-state index is 0.000801. The van der Waals surface area contributed by atoms with Crippen molar-refractivity contribution in [2.24, 2.45) is 0 Å². The molecule has 3 heterocycles. The van der Waals surface area contributed by atoms with Crippen LogP contribution in [-0.2, 0) is 16.1 Å². The van der Waals surface area contributed by atoms with E-state index in [0.717, 1.165) is 10.5 Å². The molecule has 8 nitrogen and oxygen atoms in total. The van der Waals surface area contributed by atoms with Gasteiger partial charge in [-0.2, -0.15) is 14.4 Å². The fourth-order valence-corrected chi connectivity index (χ4v) is 2.98. The number of hydrogen-bond donors (Lipinski definition) is 1. The number of halogens is 1. The highest BCUT2D eigenvalue weighted by Crippen LogP contribution is 2.28. The Bertz CT molecular complexity index is 1000. The minimum Gasteiger partial charge on any atom is -0.364 e. The van der Waals surface area contributed by atoms with E-state index in [1.54, 1.807) is 0 Å². The third-order valence-electron chi connectivity index (χ3n) is 4.39. The Kier molecular flexibility index (Phi) is 3.83. The first kappa shape index (κ1) is 16.1. The van der Waals surface area contributed by atoms with Crippen LogP contribution in [0.25, 0.3) is 11.2 Å². The third-order valence-corrected chi connectivity index (χ3v) is 4.39. The quantitative estimate of drug-likeness (QED) is 0.564. The average Bonchev–Trinajstić information content (AvgIpc) is 3.17. The molecular formula is C17H15FN6O2. The number of benzene rings is 1. The number of nitrogens with zero attached hydrogens (tertiary/aromatic N) is 5. The molecule has 1 unspecified atom stereocenters. The highest BCUT2D eigenvalue weighted by Gasteiger charge is 2.38. The normalized spacial score (nSPS) is 17.3. The van der Waals surface area contributed by atoms with Crippen LogP contribution in [0.1, 0.15) is 18.0 Å². The van der Waals surface area contributed by atoms with Gasteiger partial charge in [-0.05, 0) is 5.56 Å². The Morgan fingerprint density at radius 1 is 1.23 bits per heavy atom. The van der Waals surface area contributed by atoms with Gasteiger partial charge in [-0.1, -0.05) is 30.3 Å². The highest BCUT2D eigenvalue weighted by molar-refractivity contribution is 6.04. The van der Waals surface area contributed by atoms with Crippen molar-refractivity contribution >= 4 is 28.8 Å². The number of likely N-dealkylation sites (N-methyl/N-ethyl adjacent to an activating group) is 1. The molecule has 3 aromatic rings. The standard InChI is InChI=1S/C17H15FN6O2/c1-23-12(25)7-11(16(23)26)24-9-20-13-14(21-17(18)22-15(13)24)19-8-10-5-3-2-4-6-10/h2-6,9,11H,7-8H2,1H3,(H,19,21,22). The van der Waals surface area contributed by atoms with Crippen LogP contribution in [0.3, 0.4) is 0 Å². The number of carbonyl (C=O) groups excluding carboxylic acids is 2. The summed E-state index contributed by atoms with van der Waals surface area (Å²) in [4.78, 5) is 36.9. The van der Waals surface area contributed by atoms with Crippen molar-refractivity contribution in [1.82, 2.24) is 24.4 Å². The third kappa shape index (κ3) is 2.67. The molecule has 26 heavy (non-hydrogen) atoms. The lowest BCUT2D eigenvalue weighted by Crippen LogP contribution is -2.26. The Labute approximate surface area is 147 Å². The fraction of sp³-hybridized carbons (Fsp3) is 0.235. The monoisotopic (exact) mass is 354 g/mol. The number of imide groups is 1. The van der Waals surface area contributed by atoms with Gasteiger partial charge in [-0.25, -0.2) is 4.98 Å². The first-order chi connectivity index (χ1) is 12.5. The highest BCUT2D eigenvalue weighted by atomic mass is 19.1. The topological polar surface area (TPSA) is 93.0 Å². The van der Waals surface area contributed by atoms with E-state index in [1.165, 1.54) is 17.9 Å². The van der Waals surface area contributed by atoms with Gasteiger partial charge in [0.25, 0.3) is 5.91 Å². The van der Waals surface area contributed by atoms with Gasteiger partial charge in [0.15, 0.2) is 17.0 Å². The molecule has 132 valence electrons. The van der Waals surface area contributed by atoms with Gasteiger partial charge in [-0.15, -0.1) is 0 Å². The molecule has 1 atom stereocenters.